The summed E-state index contributed by atoms with van der Waals surface area (Å²) in [6.07, 6.45) is 1.84. The van der Waals surface area contributed by atoms with E-state index in [0.29, 0.717) is 5.11 Å². The van der Waals surface area contributed by atoms with Crippen LogP contribution in [-0.2, 0) is 0 Å². The second kappa shape index (κ2) is 9.47. The van der Waals surface area contributed by atoms with Gasteiger partial charge in [0.05, 0.1) is 24.9 Å². The molecule has 5 rings (SSSR count). The molecule has 2 atom stereocenters. The van der Waals surface area contributed by atoms with Gasteiger partial charge in [0.1, 0.15) is 5.75 Å². The number of aromatic nitrogens is 2. The van der Waals surface area contributed by atoms with E-state index in [0.717, 1.165) is 44.2 Å². The molecular weight excluding hydrogens is 520 g/mol. The van der Waals surface area contributed by atoms with Crippen LogP contribution in [0.4, 0.5) is 5.69 Å². The number of benzene rings is 2. The minimum atomic E-state index is -0.0908. The lowest BCUT2D eigenvalue weighted by molar-refractivity contribution is 0.414. The van der Waals surface area contributed by atoms with Crippen molar-refractivity contribution in [3.63, 3.8) is 0 Å². The molecule has 1 N–H and O–H groups in total. The first-order valence-corrected chi connectivity index (χ1v) is 12.7. The maximum absolute atomic E-state index is 5.91. The summed E-state index contributed by atoms with van der Waals surface area (Å²) in [7, 11) is 1.70. The molecule has 0 spiro atoms. The molecule has 7 heteroatoms. The number of ether oxygens (including phenoxy) is 1. The molecule has 0 aliphatic carbocycles. The van der Waals surface area contributed by atoms with Crippen LogP contribution in [0.15, 0.2) is 77.4 Å². The first kappa shape index (κ1) is 23.6. The summed E-state index contributed by atoms with van der Waals surface area (Å²) in [5, 5.41) is 4.26. The third-order valence-corrected chi connectivity index (χ3v) is 7.82. The lowest BCUT2D eigenvalue weighted by Gasteiger charge is -2.28. The minimum Gasteiger partial charge on any atom is -0.497 e. The van der Waals surface area contributed by atoms with E-state index in [1.54, 1.807) is 7.11 Å². The van der Waals surface area contributed by atoms with Crippen LogP contribution >= 0.6 is 28.1 Å². The summed E-state index contributed by atoms with van der Waals surface area (Å²) in [5.41, 5.74) is 7.75. The van der Waals surface area contributed by atoms with Crippen LogP contribution in [0.2, 0.25) is 0 Å². The van der Waals surface area contributed by atoms with Gasteiger partial charge in [-0.05, 0) is 92.6 Å². The quantitative estimate of drug-likeness (QED) is 0.280. The SMILES string of the molecule is COc1cccc(-n2c(C)cc([C@@H]3[C@@H](c4ccccn4)NC(=S)N3c3ccc(Br)c(C)c3)c2C)c1. The lowest BCUT2D eigenvalue weighted by atomic mass is 9.96. The van der Waals surface area contributed by atoms with Gasteiger partial charge in [0, 0.05) is 39.5 Å². The zero-order valence-corrected chi connectivity index (χ0v) is 22.5. The smallest absolute Gasteiger partial charge is 0.174 e. The van der Waals surface area contributed by atoms with Crippen molar-refractivity contribution >= 4 is 38.9 Å². The molecule has 1 fully saturated rings. The Kier molecular flexibility index (Phi) is 6.38. The number of halogens is 1. The molecule has 0 amide bonds. The van der Waals surface area contributed by atoms with Crippen LogP contribution in [0.1, 0.15) is 40.3 Å². The van der Waals surface area contributed by atoms with Gasteiger partial charge in [0.15, 0.2) is 5.11 Å². The van der Waals surface area contributed by atoms with E-state index in [9.17, 15) is 0 Å². The molecule has 4 aromatic rings. The Morgan fingerprint density at radius 1 is 0.971 bits per heavy atom. The van der Waals surface area contributed by atoms with Gasteiger partial charge in [-0.3, -0.25) is 4.98 Å². The molecule has 0 unspecified atom stereocenters. The Bertz CT molecular complexity index is 1400. The zero-order valence-electron chi connectivity index (χ0n) is 20.1. The molecular formula is C28H27BrN4OS. The predicted molar refractivity (Wildman–Crippen MR) is 149 cm³/mol. The van der Waals surface area contributed by atoms with Crippen LogP contribution in [-0.4, -0.2) is 21.8 Å². The first-order chi connectivity index (χ1) is 16.9. The molecule has 0 radical (unpaired) electrons. The van der Waals surface area contributed by atoms with Gasteiger partial charge >= 0.3 is 0 Å². The first-order valence-electron chi connectivity index (χ1n) is 11.5. The van der Waals surface area contributed by atoms with Crippen LogP contribution in [0.5, 0.6) is 5.75 Å². The number of pyridine rings is 1. The highest BCUT2D eigenvalue weighted by molar-refractivity contribution is 9.10. The summed E-state index contributed by atoms with van der Waals surface area (Å²) in [4.78, 5) is 6.92. The highest BCUT2D eigenvalue weighted by Gasteiger charge is 2.42. The van der Waals surface area contributed by atoms with Gasteiger partial charge in [0.25, 0.3) is 0 Å². The van der Waals surface area contributed by atoms with Gasteiger partial charge in [0.2, 0.25) is 0 Å². The Morgan fingerprint density at radius 3 is 2.51 bits per heavy atom. The average molecular weight is 548 g/mol. The molecule has 1 aliphatic heterocycles. The molecule has 5 nitrogen and oxygen atoms in total. The topological polar surface area (TPSA) is 42.3 Å². The molecule has 3 heterocycles. The van der Waals surface area contributed by atoms with Crippen molar-refractivity contribution in [2.75, 3.05) is 12.0 Å². The highest BCUT2D eigenvalue weighted by atomic mass is 79.9. The standard InChI is InChI=1S/C28H27BrN4OS/c1-17-14-21(11-12-24(17)29)33-27(26(31-28(33)35)25-10-5-6-13-30-25)23-15-18(2)32(19(23)3)20-8-7-9-22(16-20)34-4/h5-16,26-27H,1-4H3,(H,31,35)/t26-,27-/m1/s1. The monoisotopic (exact) mass is 546 g/mol. The number of hydrogen-bond acceptors (Lipinski definition) is 3. The number of rotatable bonds is 5. The number of thiocarbonyl (C=S) groups is 1. The number of methoxy groups -OCH3 is 1. The van der Waals surface area contributed by atoms with Gasteiger partial charge in [-0.25, -0.2) is 0 Å². The van der Waals surface area contributed by atoms with Gasteiger partial charge < -0.3 is 19.5 Å². The van der Waals surface area contributed by atoms with Crippen molar-refractivity contribution in [1.29, 1.82) is 0 Å². The number of nitrogens with one attached hydrogen (secondary N) is 1. The second-order valence-electron chi connectivity index (χ2n) is 8.79. The van der Waals surface area contributed by atoms with Crippen molar-refractivity contribution in [3.8, 4) is 11.4 Å². The molecule has 0 bridgehead atoms. The van der Waals surface area contributed by atoms with Gasteiger partial charge in [-0.1, -0.05) is 28.1 Å². The van der Waals surface area contributed by atoms with Crippen molar-refractivity contribution in [1.82, 2.24) is 14.9 Å². The predicted octanol–water partition coefficient (Wildman–Crippen LogP) is 6.75. The summed E-state index contributed by atoms with van der Waals surface area (Å²) < 4.78 is 8.84. The Hall–Kier alpha value is -3.16. The molecule has 2 aromatic carbocycles. The normalized spacial score (nSPS) is 17.5. The van der Waals surface area contributed by atoms with E-state index in [2.05, 4.69) is 93.9 Å². The Morgan fingerprint density at radius 2 is 1.80 bits per heavy atom. The fourth-order valence-corrected chi connectivity index (χ4v) is 5.55. The number of anilines is 1. The van der Waals surface area contributed by atoms with Gasteiger partial charge in [-0.15, -0.1) is 0 Å². The minimum absolute atomic E-state index is 0.0662. The Labute approximate surface area is 219 Å². The number of aryl methyl sites for hydroxylation is 2. The van der Waals surface area contributed by atoms with Crippen LogP contribution < -0.4 is 15.0 Å². The van der Waals surface area contributed by atoms with Crippen molar-refractivity contribution < 1.29 is 4.74 Å². The number of nitrogens with zero attached hydrogens (tertiary/aromatic N) is 3. The largest absolute Gasteiger partial charge is 0.497 e. The third kappa shape index (κ3) is 4.23. The molecule has 178 valence electrons. The highest BCUT2D eigenvalue weighted by Crippen LogP contribution is 2.44. The summed E-state index contributed by atoms with van der Waals surface area (Å²) >= 11 is 9.55. The van der Waals surface area contributed by atoms with Crippen LogP contribution in [0.25, 0.3) is 5.69 Å². The van der Waals surface area contributed by atoms with Crippen LogP contribution in [0, 0.1) is 20.8 Å². The van der Waals surface area contributed by atoms with Gasteiger partial charge in [-0.2, -0.15) is 0 Å². The third-order valence-electron chi connectivity index (χ3n) is 6.62. The molecule has 1 saturated heterocycles. The lowest BCUT2D eigenvalue weighted by Crippen LogP contribution is -2.29. The van der Waals surface area contributed by atoms with E-state index in [4.69, 9.17) is 21.9 Å². The van der Waals surface area contributed by atoms with Crippen molar-refractivity contribution in [2.24, 2.45) is 0 Å². The summed E-state index contributed by atoms with van der Waals surface area (Å²) in [6, 6.07) is 22.7. The number of hydrogen-bond donors (Lipinski definition) is 1. The van der Waals surface area contributed by atoms with E-state index in [-0.39, 0.29) is 12.1 Å². The fraction of sp³-hybridized carbons (Fsp3) is 0.214. The fourth-order valence-electron chi connectivity index (χ4n) is 4.96. The van der Waals surface area contributed by atoms with Crippen molar-refractivity contribution in [2.45, 2.75) is 32.9 Å². The maximum Gasteiger partial charge on any atom is 0.174 e. The maximum atomic E-state index is 5.91. The average Bonchev–Trinajstić information content (AvgIpc) is 3.36. The van der Waals surface area contributed by atoms with Crippen molar-refractivity contribution in [3.05, 3.63) is 106 Å². The van der Waals surface area contributed by atoms with E-state index >= 15 is 0 Å². The molecule has 2 aromatic heterocycles. The van der Waals surface area contributed by atoms with E-state index < -0.39 is 0 Å². The molecule has 1 aliphatic rings. The molecule has 0 saturated carbocycles. The van der Waals surface area contributed by atoms with Crippen LogP contribution in [0.3, 0.4) is 0 Å². The molecule has 35 heavy (non-hydrogen) atoms. The Balaban J connectivity index is 1.68. The summed E-state index contributed by atoms with van der Waals surface area (Å²) in [6.45, 7) is 6.41. The zero-order chi connectivity index (χ0) is 24.7. The second-order valence-corrected chi connectivity index (χ2v) is 10.0. The van der Waals surface area contributed by atoms with E-state index in [1.807, 2.05) is 30.5 Å². The summed E-state index contributed by atoms with van der Waals surface area (Å²) in [5.74, 6) is 0.832. The van der Waals surface area contributed by atoms with E-state index in [1.165, 1.54) is 5.56 Å².